The van der Waals surface area contributed by atoms with E-state index >= 15 is 0 Å². The molecule has 2 aromatic rings. The van der Waals surface area contributed by atoms with Crippen molar-refractivity contribution in [3.8, 4) is 16.9 Å². The van der Waals surface area contributed by atoms with Gasteiger partial charge in [0.05, 0.1) is 32.2 Å². The zero-order valence-corrected chi connectivity index (χ0v) is 13.4. The number of benzene rings is 2. The number of hydrogen-bond acceptors (Lipinski definition) is 4. The van der Waals surface area contributed by atoms with Gasteiger partial charge >= 0.3 is 0 Å². The number of rotatable bonds is 4. The maximum atomic E-state index is 11.5. The number of halogens is 2. The van der Waals surface area contributed by atoms with Crippen LogP contribution in [0.3, 0.4) is 0 Å². The third-order valence-electron chi connectivity index (χ3n) is 3.33. The molecular formula is C15H13Cl2NO4. The molecule has 0 bridgehead atoms. The first-order chi connectivity index (χ1) is 10.3. The lowest BCUT2D eigenvalue weighted by atomic mass is 9.97. The predicted octanol–water partition coefficient (Wildman–Crippen LogP) is 4.98. The predicted molar refractivity (Wildman–Crippen MR) is 85.6 cm³/mol. The van der Waals surface area contributed by atoms with Gasteiger partial charge in [-0.3, -0.25) is 10.1 Å². The van der Waals surface area contributed by atoms with Gasteiger partial charge < -0.3 is 9.84 Å². The lowest BCUT2D eigenvalue weighted by molar-refractivity contribution is -0.385. The van der Waals surface area contributed by atoms with Crippen LogP contribution in [0.2, 0.25) is 10.0 Å². The third-order valence-corrected chi connectivity index (χ3v) is 4.07. The molecule has 0 aliphatic heterocycles. The van der Waals surface area contributed by atoms with Crippen molar-refractivity contribution in [2.75, 3.05) is 7.11 Å². The molecule has 1 atom stereocenters. The molecule has 7 heteroatoms. The molecular weight excluding hydrogens is 329 g/mol. The molecule has 2 rings (SSSR count). The Balaban J connectivity index is 2.76. The Hall–Kier alpha value is -1.82. The van der Waals surface area contributed by atoms with Gasteiger partial charge in [-0.05, 0) is 36.8 Å². The molecule has 22 heavy (non-hydrogen) atoms. The highest BCUT2D eigenvalue weighted by Gasteiger charge is 2.26. The van der Waals surface area contributed by atoms with Crippen LogP contribution in [-0.2, 0) is 4.74 Å². The summed E-state index contributed by atoms with van der Waals surface area (Å²) in [7, 11) is 1.44. The molecule has 1 unspecified atom stereocenters. The Morgan fingerprint density at radius 1 is 1.23 bits per heavy atom. The summed E-state index contributed by atoms with van der Waals surface area (Å²) in [6.45, 7) is 1.67. The molecule has 0 aliphatic rings. The monoisotopic (exact) mass is 341 g/mol. The summed E-state index contributed by atoms with van der Waals surface area (Å²) in [5.41, 5.74) is 0.892. The van der Waals surface area contributed by atoms with Crippen LogP contribution in [0.1, 0.15) is 18.6 Å². The maximum absolute atomic E-state index is 11.5. The van der Waals surface area contributed by atoms with Crippen LogP contribution in [0.15, 0.2) is 30.3 Å². The normalized spacial score (nSPS) is 12.2. The first kappa shape index (κ1) is 16.5. The summed E-state index contributed by atoms with van der Waals surface area (Å²) in [5.74, 6) is -0.0921. The van der Waals surface area contributed by atoms with Crippen molar-refractivity contribution >= 4 is 28.9 Å². The SMILES string of the molecule is COC(C)c1cc(O)cc(-c2ccc(Cl)c(Cl)c2)c1[N+](=O)[O-]. The third kappa shape index (κ3) is 3.16. The van der Waals surface area contributed by atoms with Gasteiger partial charge in [-0.2, -0.15) is 0 Å². The quantitative estimate of drug-likeness (QED) is 0.628. The van der Waals surface area contributed by atoms with Crippen molar-refractivity contribution in [1.82, 2.24) is 0 Å². The van der Waals surface area contributed by atoms with Gasteiger partial charge in [0.1, 0.15) is 5.75 Å². The average Bonchev–Trinajstić information content (AvgIpc) is 2.47. The van der Waals surface area contributed by atoms with Crippen molar-refractivity contribution in [3.05, 3.63) is 56.1 Å². The van der Waals surface area contributed by atoms with Gasteiger partial charge in [0.2, 0.25) is 0 Å². The number of methoxy groups -OCH3 is 1. The molecule has 0 aliphatic carbocycles. The van der Waals surface area contributed by atoms with Crippen LogP contribution in [0.25, 0.3) is 11.1 Å². The molecule has 0 spiro atoms. The fraction of sp³-hybridized carbons (Fsp3) is 0.200. The van der Waals surface area contributed by atoms with Gasteiger partial charge in [0.25, 0.3) is 5.69 Å². The first-order valence-electron chi connectivity index (χ1n) is 6.34. The molecule has 5 nitrogen and oxygen atoms in total. The molecule has 0 radical (unpaired) electrons. The molecule has 0 saturated carbocycles. The largest absolute Gasteiger partial charge is 0.508 e. The van der Waals surface area contributed by atoms with E-state index in [2.05, 4.69) is 0 Å². The number of nitro groups is 1. The van der Waals surface area contributed by atoms with E-state index in [0.29, 0.717) is 10.6 Å². The minimum atomic E-state index is -0.547. The molecule has 0 saturated heterocycles. The highest BCUT2D eigenvalue weighted by atomic mass is 35.5. The molecule has 2 aromatic carbocycles. The van der Waals surface area contributed by atoms with Crippen molar-refractivity contribution in [3.63, 3.8) is 0 Å². The Morgan fingerprint density at radius 3 is 2.45 bits per heavy atom. The second kappa shape index (κ2) is 6.52. The van der Waals surface area contributed by atoms with Crippen molar-refractivity contribution in [2.24, 2.45) is 0 Å². The van der Waals surface area contributed by atoms with E-state index in [4.69, 9.17) is 27.9 Å². The van der Waals surface area contributed by atoms with Crippen LogP contribution in [-0.4, -0.2) is 17.1 Å². The van der Waals surface area contributed by atoms with Crippen LogP contribution >= 0.6 is 23.2 Å². The van der Waals surface area contributed by atoms with Gasteiger partial charge in [0, 0.05) is 7.11 Å². The number of phenols is 1. The van der Waals surface area contributed by atoms with E-state index in [9.17, 15) is 15.2 Å². The summed E-state index contributed by atoms with van der Waals surface area (Å²) in [5, 5.41) is 22.0. The summed E-state index contributed by atoms with van der Waals surface area (Å²) < 4.78 is 5.15. The number of ether oxygens (including phenoxy) is 1. The Kier molecular flexibility index (Phi) is 4.90. The number of aromatic hydroxyl groups is 1. The van der Waals surface area contributed by atoms with Crippen molar-refractivity contribution in [1.29, 1.82) is 0 Å². The Labute approximate surface area is 137 Å². The average molecular weight is 342 g/mol. The summed E-state index contributed by atoms with van der Waals surface area (Å²) in [6.07, 6.45) is -0.547. The minimum Gasteiger partial charge on any atom is -0.508 e. The zero-order chi connectivity index (χ0) is 16.4. The lowest BCUT2D eigenvalue weighted by Gasteiger charge is -2.14. The molecule has 116 valence electrons. The highest BCUT2D eigenvalue weighted by Crippen LogP contribution is 2.41. The minimum absolute atomic E-state index is 0.0921. The first-order valence-corrected chi connectivity index (χ1v) is 7.10. The van der Waals surface area contributed by atoms with Gasteiger partial charge in [-0.15, -0.1) is 0 Å². The van der Waals surface area contributed by atoms with Gasteiger partial charge in [-0.25, -0.2) is 0 Å². The van der Waals surface area contributed by atoms with Gasteiger partial charge in [-0.1, -0.05) is 29.3 Å². The van der Waals surface area contributed by atoms with E-state index in [-0.39, 0.29) is 27.6 Å². The Bertz CT molecular complexity index is 734. The molecule has 1 N–H and O–H groups in total. The van der Waals surface area contributed by atoms with E-state index in [1.54, 1.807) is 19.1 Å². The van der Waals surface area contributed by atoms with Crippen LogP contribution < -0.4 is 0 Å². The number of hydrogen-bond donors (Lipinski definition) is 1. The zero-order valence-electron chi connectivity index (χ0n) is 11.8. The topological polar surface area (TPSA) is 72.6 Å². The maximum Gasteiger partial charge on any atom is 0.283 e. The highest BCUT2D eigenvalue weighted by molar-refractivity contribution is 6.42. The summed E-state index contributed by atoms with van der Waals surface area (Å²) >= 11 is 11.8. The van der Waals surface area contributed by atoms with Crippen LogP contribution in [0.4, 0.5) is 5.69 Å². The fourth-order valence-corrected chi connectivity index (χ4v) is 2.46. The number of nitro benzene ring substituents is 1. The molecule has 0 heterocycles. The number of phenolic OH excluding ortho intramolecular Hbond substituents is 1. The van der Waals surface area contributed by atoms with Crippen molar-refractivity contribution < 1.29 is 14.8 Å². The second-order valence-electron chi connectivity index (χ2n) is 4.70. The molecule has 0 fully saturated rings. The van der Waals surface area contributed by atoms with E-state index in [0.717, 1.165) is 0 Å². The van der Waals surface area contributed by atoms with Crippen molar-refractivity contribution in [2.45, 2.75) is 13.0 Å². The lowest BCUT2D eigenvalue weighted by Crippen LogP contribution is -2.03. The van der Waals surface area contributed by atoms with E-state index in [1.807, 2.05) is 0 Å². The molecule has 0 amide bonds. The Morgan fingerprint density at radius 2 is 1.91 bits per heavy atom. The van der Waals surface area contributed by atoms with Gasteiger partial charge in [0.15, 0.2) is 0 Å². The standard InChI is InChI=1S/C15H13Cl2NO4/c1-8(22-2)11-6-10(19)7-12(15(11)18(20)21)9-3-4-13(16)14(17)5-9/h3-8,19H,1-2H3. The van der Waals surface area contributed by atoms with E-state index < -0.39 is 11.0 Å². The van der Waals surface area contributed by atoms with Crippen LogP contribution in [0.5, 0.6) is 5.75 Å². The number of nitrogens with zero attached hydrogens (tertiary/aromatic N) is 1. The second-order valence-corrected chi connectivity index (χ2v) is 5.51. The van der Waals surface area contributed by atoms with E-state index in [1.165, 1.54) is 25.3 Å². The molecule has 0 aromatic heterocycles. The van der Waals surface area contributed by atoms with Crippen LogP contribution in [0, 0.1) is 10.1 Å². The fourth-order valence-electron chi connectivity index (χ4n) is 2.17. The smallest absolute Gasteiger partial charge is 0.283 e. The summed E-state index contributed by atoms with van der Waals surface area (Å²) in [4.78, 5) is 11.0. The summed E-state index contributed by atoms with van der Waals surface area (Å²) in [6, 6.07) is 7.33.